The van der Waals surface area contributed by atoms with Gasteiger partial charge in [0.25, 0.3) is 11.8 Å². The molecule has 0 aromatic heterocycles. The summed E-state index contributed by atoms with van der Waals surface area (Å²) in [5.41, 5.74) is 0.974. The number of amides is 2. The lowest BCUT2D eigenvalue weighted by atomic mass is 9.99. The van der Waals surface area contributed by atoms with Gasteiger partial charge >= 0.3 is 17.9 Å². The first kappa shape index (κ1) is 25.8. The lowest BCUT2D eigenvalue weighted by Crippen LogP contribution is -2.62. The van der Waals surface area contributed by atoms with Crippen molar-refractivity contribution in [2.75, 3.05) is 4.90 Å². The average Bonchev–Trinajstić information content (AvgIpc) is 3.09. The fourth-order valence-electron chi connectivity index (χ4n) is 4.30. The summed E-state index contributed by atoms with van der Waals surface area (Å²) in [4.78, 5) is 61.9. The molecule has 2 amide bonds. The van der Waals surface area contributed by atoms with Crippen LogP contribution in [0.2, 0.25) is 0 Å². The van der Waals surface area contributed by atoms with Crippen LogP contribution in [-0.4, -0.2) is 60.4 Å². The zero-order valence-corrected chi connectivity index (χ0v) is 20.5. The SMILES string of the molecule is CC(=O)OC1[C@@H](OC(C)=O)C(C)O[C@@H](Oc2ccc(N3C(=O)c4ccccc4C3=O)cc2)[C@H]1OC(C)=O. The molecule has 0 N–H and O–H groups in total. The Bertz CT molecular complexity index is 1210. The zero-order chi connectivity index (χ0) is 26.9. The summed E-state index contributed by atoms with van der Waals surface area (Å²) in [7, 11) is 0. The van der Waals surface area contributed by atoms with Crippen LogP contribution in [0.5, 0.6) is 5.75 Å². The number of carbonyl (C=O) groups is 5. The molecule has 0 spiro atoms. The standard InChI is InChI=1S/C26H25NO10/c1-13-21(34-14(2)28)22(35-15(3)29)23(36-16(4)30)26(33-13)37-18-11-9-17(10-12-18)27-24(31)19-7-5-6-8-20(19)25(27)32/h5-13,21-23,26H,1-4H3/t13?,21-,22?,23-,26-/m0/s1. The van der Waals surface area contributed by atoms with Crippen molar-refractivity contribution in [3.05, 3.63) is 59.7 Å². The molecule has 1 saturated heterocycles. The van der Waals surface area contributed by atoms with Crippen LogP contribution < -0.4 is 9.64 Å². The molecule has 5 atom stereocenters. The van der Waals surface area contributed by atoms with Gasteiger partial charge in [0.05, 0.1) is 22.9 Å². The summed E-state index contributed by atoms with van der Waals surface area (Å²) in [5, 5.41) is 0. The fraction of sp³-hybridized carbons (Fsp3) is 0.346. The van der Waals surface area contributed by atoms with E-state index in [9.17, 15) is 24.0 Å². The van der Waals surface area contributed by atoms with Gasteiger partial charge in [0.1, 0.15) is 5.75 Å². The van der Waals surface area contributed by atoms with E-state index in [4.69, 9.17) is 23.7 Å². The molecule has 2 aliphatic heterocycles. The lowest BCUT2D eigenvalue weighted by molar-refractivity contribution is -0.280. The Labute approximate surface area is 212 Å². The first-order chi connectivity index (χ1) is 17.6. The van der Waals surface area contributed by atoms with Gasteiger partial charge < -0.3 is 23.7 Å². The monoisotopic (exact) mass is 511 g/mol. The van der Waals surface area contributed by atoms with Gasteiger partial charge in [0, 0.05) is 20.8 Å². The second-order valence-corrected chi connectivity index (χ2v) is 8.53. The van der Waals surface area contributed by atoms with E-state index in [0.29, 0.717) is 16.8 Å². The highest BCUT2D eigenvalue weighted by molar-refractivity contribution is 6.34. The summed E-state index contributed by atoms with van der Waals surface area (Å²) < 4.78 is 27.8. The van der Waals surface area contributed by atoms with Crippen LogP contribution in [0.1, 0.15) is 48.4 Å². The Morgan fingerprint density at radius 3 is 1.73 bits per heavy atom. The van der Waals surface area contributed by atoms with Crippen molar-refractivity contribution in [3.8, 4) is 5.75 Å². The van der Waals surface area contributed by atoms with Gasteiger partial charge in [-0.3, -0.25) is 24.0 Å². The Morgan fingerprint density at radius 2 is 1.22 bits per heavy atom. The van der Waals surface area contributed by atoms with Crippen LogP contribution in [0.3, 0.4) is 0 Å². The lowest BCUT2D eigenvalue weighted by Gasteiger charge is -2.43. The number of hydrogen-bond acceptors (Lipinski definition) is 10. The van der Waals surface area contributed by atoms with E-state index in [-0.39, 0.29) is 5.75 Å². The largest absolute Gasteiger partial charge is 0.461 e. The highest BCUT2D eigenvalue weighted by atomic mass is 16.7. The molecule has 2 heterocycles. The first-order valence-corrected chi connectivity index (χ1v) is 11.5. The molecule has 0 aliphatic carbocycles. The number of esters is 3. The van der Waals surface area contributed by atoms with Crippen molar-refractivity contribution >= 4 is 35.4 Å². The molecule has 1 fully saturated rings. The maximum atomic E-state index is 12.8. The predicted octanol–water partition coefficient (Wildman–Crippen LogP) is 2.41. The van der Waals surface area contributed by atoms with Crippen LogP contribution in [0.4, 0.5) is 5.69 Å². The smallest absolute Gasteiger partial charge is 0.303 e. The van der Waals surface area contributed by atoms with Crippen molar-refractivity contribution in [1.82, 2.24) is 0 Å². The number of fused-ring (bicyclic) bond motifs is 1. The number of benzene rings is 2. The van der Waals surface area contributed by atoms with Crippen molar-refractivity contribution in [1.29, 1.82) is 0 Å². The maximum Gasteiger partial charge on any atom is 0.303 e. The van der Waals surface area contributed by atoms with Gasteiger partial charge in [-0.1, -0.05) is 12.1 Å². The molecule has 4 rings (SSSR count). The summed E-state index contributed by atoms with van der Waals surface area (Å²) in [6.07, 6.45) is -5.54. The molecule has 11 heteroatoms. The van der Waals surface area contributed by atoms with Crippen LogP contribution in [0.25, 0.3) is 0 Å². The van der Waals surface area contributed by atoms with Gasteiger partial charge in [-0.15, -0.1) is 0 Å². The minimum Gasteiger partial charge on any atom is -0.461 e. The number of rotatable bonds is 6. The normalized spacial score (nSPS) is 24.8. The predicted molar refractivity (Wildman–Crippen MR) is 126 cm³/mol. The number of imide groups is 1. The minimum atomic E-state index is -1.27. The second kappa shape index (κ2) is 10.4. The molecular weight excluding hydrogens is 486 g/mol. The molecular formula is C26H25NO10. The number of nitrogens with zero attached hydrogens (tertiary/aromatic N) is 1. The summed E-state index contributed by atoms with van der Waals surface area (Å²) in [6, 6.07) is 12.6. The molecule has 2 aromatic rings. The van der Waals surface area contributed by atoms with E-state index >= 15 is 0 Å². The first-order valence-electron chi connectivity index (χ1n) is 11.5. The van der Waals surface area contributed by atoms with Crippen LogP contribution in [-0.2, 0) is 33.3 Å². The molecule has 0 radical (unpaired) electrons. The van der Waals surface area contributed by atoms with Gasteiger partial charge in [0.15, 0.2) is 12.2 Å². The zero-order valence-electron chi connectivity index (χ0n) is 20.5. The fourth-order valence-corrected chi connectivity index (χ4v) is 4.30. The Morgan fingerprint density at radius 1 is 0.730 bits per heavy atom. The summed E-state index contributed by atoms with van der Waals surface area (Å²) >= 11 is 0. The number of carbonyl (C=O) groups excluding carboxylic acids is 5. The second-order valence-electron chi connectivity index (χ2n) is 8.53. The molecule has 2 aliphatic rings. The van der Waals surface area contributed by atoms with E-state index in [1.807, 2.05) is 0 Å². The van der Waals surface area contributed by atoms with Gasteiger partial charge in [-0.2, -0.15) is 0 Å². The molecule has 0 saturated carbocycles. The number of ether oxygens (including phenoxy) is 5. The molecule has 2 unspecified atom stereocenters. The maximum absolute atomic E-state index is 12.8. The minimum absolute atomic E-state index is 0.252. The van der Waals surface area contributed by atoms with Gasteiger partial charge in [0.2, 0.25) is 12.4 Å². The van der Waals surface area contributed by atoms with Crippen molar-refractivity contribution < 1.29 is 47.7 Å². The highest BCUT2D eigenvalue weighted by Crippen LogP contribution is 2.33. The third kappa shape index (κ3) is 5.31. The Balaban J connectivity index is 1.57. The third-order valence-electron chi connectivity index (χ3n) is 5.77. The van der Waals surface area contributed by atoms with Gasteiger partial charge in [-0.25, -0.2) is 4.90 Å². The summed E-state index contributed by atoms with van der Waals surface area (Å²) in [6.45, 7) is 5.12. The molecule has 194 valence electrons. The van der Waals surface area contributed by atoms with E-state index in [0.717, 1.165) is 11.8 Å². The number of hydrogen-bond donors (Lipinski definition) is 0. The van der Waals surface area contributed by atoms with Crippen LogP contribution in [0, 0.1) is 0 Å². The molecule has 11 nitrogen and oxygen atoms in total. The number of anilines is 1. The van der Waals surface area contributed by atoms with Crippen molar-refractivity contribution in [2.45, 2.75) is 58.4 Å². The highest BCUT2D eigenvalue weighted by Gasteiger charge is 2.51. The van der Waals surface area contributed by atoms with Crippen molar-refractivity contribution in [3.63, 3.8) is 0 Å². The quantitative estimate of drug-likeness (QED) is 0.323. The molecule has 0 bridgehead atoms. The van der Waals surface area contributed by atoms with Gasteiger partial charge in [-0.05, 0) is 43.3 Å². The Hall–Kier alpha value is -4.25. The summed E-state index contributed by atoms with van der Waals surface area (Å²) in [5.74, 6) is -2.64. The Kier molecular flexibility index (Phi) is 7.25. The molecule has 37 heavy (non-hydrogen) atoms. The average molecular weight is 511 g/mol. The van der Waals surface area contributed by atoms with Crippen LogP contribution in [0.15, 0.2) is 48.5 Å². The van der Waals surface area contributed by atoms with E-state index < -0.39 is 60.4 Å². The topological polar surface area (TPSA) is 135 Å². The third-order valence-corrected chi connectivity index (χ3v) is 5.77. The van der Waals surface area contributed by atoms with Crippen LogP contribution >= 0.6 is 0 Å². The van der Waals surface area contributed by atoms with E-state index in [2.05, 4.69) is 0 Å². The molecule has 2 aromatic carbocycles. The van der Waals surface area contributed by atoms with E-state index in [1.54, 1.807) is 31.2 Å². The van der Waals surface area contributed by atoms with E-state index in [1.165, 1.54) is 38.1 Å². The van der Waals surface area contributed by atoms with Crippen molar-refractivity contribution in [2.24, 2.45) is 0 Å².